The molecule has 5 nitrogen and oxygen atoms in total. The summed E-state index contributed by atoms with van der Waals surface area (Å²) in [5.41, 5.74) is 7.65. The van der Waals surface area contributed by atoms with E-state index in [1.54, 1.807) is 0 Å². The lowest BCUT2D eigenvalue weighted by Crippen LogP contribution is -2.53. The van der Waals surface area contributed by atoms with Crippen molar-refractivity contribution in [3.63, 3.8) is 0 Å². The molecule has 3 aliphatic rings. The Kier molecular flexibility index (Phi) is 10.7. The summed E-state index contributed by atoms with van der Waals surface area (Å²) in [6, 6.07) is 4.83. The molecular weight excluding hydrogens is 431 g/mol. The van der Waals surface area contributed by atoms with E-state index in [-0.39, 0.29) is 43.1 Å². The Morgan fingerprint density at radius 1 is 1.10 bits per heavy atom. The number of amides is 1. The highest BCUT2D eigenvalue weighted by atomic mass is 35.5. The van der Waals surface area contributed by atoms with Crippen molar-refractivity contribution in [2.24, 2.45) is 23.5 Å². The zero-order valence-corrected chi connectivity index (χ0v) is 19.6. The Morgan fingerprint density at radius 3 is 2.28 bits per heavy atom. The van der Waals surface area contributed by atoms with Gasteiger partial charge in [-0.25, -0.2) is 0 Å². The van der Waals surface area contributed by atoms with Crippen LogP contribution in [0, 0.1) is 17.8 Å². The topological polar surface area (TPSA) is 62.5 Å². The summed E-state index contributed by atoms with van der Waals surface area (Å²) in [5.74, 6) is 1.75. The van der Waals surface area contributed by atoms with Gasteiger partial charge in [-0.2, -0.15) is 0 Å². The maximum Gasteiger partial charge on any atom is 0.225 e. The van der Waals surface area contributed by atoms with Gasteiger partial charge < -0.3 is 10.6 Å². The quantitative estimate of drug-likeness (QED) is 0.739. The molecular formula is C21H35Cl3N4O. The van der Waals surface area contributed by atoms with Crippen LogP contribution in [0.3, 0.4) is 0 Å². The first-order valence-electron chi connectivity index (χ1n) is 10.3. The molecule has 8 heteroatoms. The second-order valence-corrected chi connectivity index (χ2v) is 8.52. The molecule has 2 bridgehead atoms. The maximum absolute atomic E-state index is 13.1. The Labute approximate surface area is 193 Å². The van der Waals surface area contributed by atoms with Gasteiger partial charge in [0.25, 0.3) is 0 Å². The predicted molar refractivity (Wildman–Crippen MR) is 124 cm³/mol. The molecule has 2 N–H and O–H groups in total. The molecule has 3 atom stereocenters. The summed E-state index contributed by atoms with van der Waals surface area (Å²) in [5, 5.41) is 0. The van der Waals surface area contributed by atoms with Crippen LogP contribution >= 0.6 is 37.2 Å². The van der Waals surface area contributed by atoms with Crippen LogP contribution in [0.2, 0.25) is 0 Å². The Hall–Kier alpha value is -0.590. The van der Waals surface area contributed by atoms with Crippen molar-refractivity contribution < 1.29 is 4.79 Å². The van der Waals surface area contributed by atoms with Crippen molar-refractivity contribution in [2.45, 2.75) is 51.1 Å². The first-order chi connectivity index (χ1) is 12.6. The van der Waals surface area contributed by atoms with Crippen molar-refractivity contribution >= 4 is 43.1 Å². The number of nitrogens with zero attached hydrogens (tertiary/aromatic N) is 3. The summed E-state index contributed by atoms with van der Waals surface area (Å²) in [4.78, 5) is 21.9. The van der Waals surface area contributed by atoms with E-state index in [1.807, 2.05) is 18.5 Å². The highest BCUT2D eigenvalue weighted by Crippen LogP contribution is 2.42. The molecule has 166 valence electrons. The normalized spacial score (nSPS) is 30.2. The SMILES string of the molecule is CC(c1cccnc1)N1CCN(C(=O)C2CC3CCCC(C2)C3N)CC1.Cl.Cl.Cl. The Bertz CT molecular complexity index is 614. The number of halogens is 3. The number of rotatable bonds is 3. The van der Waals surface area contributed by atoms with Gasteiger partial charge in [-0.05, 0) is 56.1 Å². The largest absolute Gasteiger partial charge is 0.340 e. The molecule has 2 heterocycles. The summed E-state index contributed by atoms with van der Waals surface area (Å²) in [6.07, 6.45) is 9.54. The molecule has 0 spiro atoms. The van der Waals surface area contributed by atoms with Gasteiger partial charge in [0.15, 0.2) is 0 Å². The molecule has 1 aliphatic heterocycles. The fourth-order valence-electron chi connectivity index (χ4n) is 5.41. The number of pyridine rings is 1. The van der Waals surface area contributed by atoms with Crippen LogP contribution in [0.4, 0.5) is 0 Å². The molecule has 2 aliphatic carbocycles. The van der Waals surface area contributed by atoms with E-state index < -0.39 is 0 Å². The molecule has 3 fully saturated rings. The lowest BCUT2D eigenvalue weighted by Gasteiger charge is -2.45. The van der Waals surface area contributed by atoms with Crippen LogP contribution in [-0.2, 0) is 4.79 Å². The smallest absolute Gasteiger partial charge is 0.225 e. The first-order valence-corrected chi connectivity index (χ1v) is 10.3. The fraction of sp³-hybridized carbons (Fsp3) is 0.714. The van der Waals surface area contributed by atoms with Gasteiger partial charge in [-0.1, -0.05) is 12.5 Å². The first kappa shape index (κ1) is 26.4. The average Bonchev–Trinajstić information content (AvgIpc) is 2.67. The Morgan fingerprint density at radius 2 is 1.72 bits per heavy atom. The predicted octanol–water partition coefficient (Wildman–Crippen LogP) is 3.71. The molecule has 2 saturated carbocycles. The van der Waals surface area contributed by atoms with Gasteiger partial charge in [-0.15, -0.1) is 37.2 Å². The van der Waals surface area contributed by atoms with E-state index in [9.17, 15) is 4.79 Å². The zero-order valence-electron chi connectivity index (χ0n) is 17.1. The molecule has 1 saturated heterocycles. The number of hydrogen-bond acceptors (Lipinski definition) is 4. The molecule has 0 aromatic carbocycles. The number of fused-ring (bicyclic) bond motifs is 2. The molecule has 1 aromatic rings. The number of carbonyl (C=O) groups is 1. The summed E-state index contributed by atoms with van der Waals surface area (Å²) < 4.78 is 0. The molecule has 0 radical (unpaired) electrons. The van der Waals surface area contributed by atoms with Crippen LogP contribution in [0.15, 0.2) is 24.5 Å². The van der Waals surface area contributed by atoms with Crippen molar-refractivity contribution in [3.05, 3.63) is 30.1 Å². The van der Waals surface area contributed by atoms with E-state index in [2.05, 4.69) is 27.8 Å². The van der Waals surface area contributed by atoms with Gasteiger partial charge in [0.2, 0.25) is 5.91 Å². The molecule has 29 heavy (non-hydrogen) atoms. The number of carbonyl (C=O) groups excluding carboxylic acids is 1. The van der Waals surface area contributed by atoms with Gasteiger partial charge >= 0.3 is 0 Å². The third-order valence-electron chi connectivity index (χ3n) is 7.10. The lowest BCUT2D eigenvalue weighted by molar-refractivity contribution is -0.140. The van der Waals surface area contributed by atoms with Crippen LogP contribution in [0.25, 0.3) is 0 Å². The molecule has 1 aromatic heterocycles. The second kappa shape index (κ2) is 11.7. The van der Waals surface area contributed by atoms with Crippen LogP contribution in [0.5, 0.6) is 0 Å². The van der Waals surface area contributed by atoms with Crippen LogP contribution in [-0.4, -0.2) is 52.9 Å². The van der Waals surface area contributed by atoms with E-state index in [1.165, 1.54) is 24.8 Å². The zero-order chi connectivity index (χ0) is 18.1. The summed E-state index contributed by atoms with van der Waals surface area (Å²) >= 11 is 0. The van der Waals surface area contributed by atoms with Crippen molar-refractivity contribution in [1.82, 2.24) is 14.8 Å². The third-order valence-corrected chi connectivity index (χ3v) is 7.10. The number of aromatic nitrogens is 1. The van der Waals surface area contributed by atoms with Crippen molar-refractivity contribution in [2.75, 3.05) is 26.2 Å². The van der Waals surface area contributed by atoms with E-state index in [0.717, 1.165) is 39.0 Å². The lowest BCUT2D eigenvalue weighted by atomic mass is 9.65. The fourth-order valence-corrected chi connectivity index (χ4v) is 5.41. The third kappa shape index (κ3) is 5.76. The van der Waals surface area contributed by atoms with Crippen LogP contribution < -0.4 is 5.73 Å². The molecule has 4 rings (SSSR count). The van der Waals surface area contributed by atoms with Crippen LogP contribution in [0.1, 0.15) is 50.6 Å². The molecule has 3 unspecified atom stereocenters. The van der Waals surface area contributed by atoms with Crippen molar-refractivity contribution in [1.29, 1.82) is 0 Å². The minimum absolute atomic E-state index is 0. The standard InChI is InChI=1S/C21H32N4O.3ClH/c1-15(18-6-3-7-23-14-18)24-8-10-25(11-9-24)21(26)19-12-16-4-2-5-17(13-19)20(16)22;;;/h3,6-7,14-17,19-20H,2,4-5,8-13,22H2,1H3;3*1H. The summed E-state index contributed by atoms with van der Waals surface area (Å²) in [6.45, 7) is 5.82. The van der Waals surface area contributed by atoms with E-state index in [0.29, 0.717) is 29.8 Å². The maximum atomic E-state index is 13.1. The minimum Gasteiger partial charge on any atom is -0.340 e. The summed E-state index contributed by atoms with van der Waals surface area (Å²) in [7, 11) is 0. The number of nitrogens with two attached hydrogens (primary N) is 1. The van der Waals surface area contributed by atoms with Gasteiger partial charge in [-0.3, -0.25) is 14.7 Å². The Balaban J connectivity index is 0.00000140. The average molecular weight is 466 g/mol. The van der Waals surface area contributed by atoms with Crippen molar-refractivity contribution in [3.8, 4) is 0 Å². The second-order valence-electron chi connectivity index (χ2n) is 8.52. The number of piperazine rings is 1. The number of hydrogen-bond donors (Lipinski definition) is 1. The van der Waals surface area contributed by atoms with Gasteiger partial charge in [0.05, 0.1) is 0 Å². The van der Waals surface area contributed by atoms with Gasteiger partial charge in [0, 0.05) is 56.6 Å². The van der Waals surface area contributed by atoms with Gasteiger partial charge in [0.1, 0.15) is 0 Å². The van der Waals surface area contributed by atoms with E-state index >= 15 is 0 Å². The van der Waals surface area contributed by atoms with E-state index in [4.69, 9.17) is 5.73 Å². The molecule has 1 amide bonds. The highest BCUT2D eigenvalue weighted by Gasteiger charge is 2.42. The minimum atomic E-state index is 0. The monoisotopic (exact) mass is 464 g/mol. The highest BCUT2D eigenvalue weighted by molar-refractivity contribution is 5.86.